The molecule has 0 fully saturated rings. The molecule has 0 amide bonds. The van der Waals surface area contributed by atoms with Crippen molar-refractivity contribution in [1.29, 1.82) is 0 Å². The number of phosphoric acid groups is 2. The molecule has 0 aromatic carbocycles. The van der Waals surface area contributed by atoms with Crippen molar-refractivity contribution in [2.24, 2.45) is 11.8 Å². The summed E-state index contributed by atoms with van der Waals surface area (Å²) in [5.74, 6) is -0.542. The second-order valence-electron chi connectivity index (χ2n) is 29.4. The lowest BCUT2D eigenvalue weighted by atomic mass is 10.0. The van der Waals surface area contributed by atoms with Crippen LogP contribution in [0.4, 0.5) is 0 Å². The molecule has 0 aromatic heterocycles. The van der Waals surface area contributed by atoms with Crippen LogP contribution < -0.4 is 0 Å². The number of phosphoric ester groups is 2. The number of aliphatic hydroxyl groups excluding tert-OH is 1. The van der Waals surface area contributed by atoms with Crippen LogP contribution in [0.1, 0.15) is 414 Å². The average molecular weight is 1440 g/mol. The predicted molar refractivity (Wildman–Crippen MR) is 400 cm³/mol. The summed E-state index contributed by atoms with van der Waals surface area (Å²) in [5, 5.41) is 10.6. The standard InChI is InChI=1S/C79H154O17P2/c1-7-9-11-13-15-17-19-20-21-22-23-26-33-39-45-51-57-63-78(83)96-75(68-90-77(82)62-56-50-44-38-32-27-24-25-30-35-41-47-53-59-71(3)4)70-94-98(87,88)92-66-73(80)65-91-97(85,86)93-69-74(67-89-76(81)61-55-49-43-37-18-16-14-12-10-8-2)95-79(84)64-58-52-46-40-34-29-28-31-36-42-48-54-60-72(5)6/h71-75,80H,7-70H2,1-6H3,(H,85,86)(H,87,88)/t73-,74+,75+/m0/s1. The molecule has 0 rings (SSSR count). The summed E-state index contributed by atoms with van der Waals surface area (Å²) < 4.78 is 68.7. The number of unbranched alkanes of at least 4 members (excludes halogenated alkanes) is 48. The molecule has 2 unspecified atom stereocenters. The number of carbonyl (C=O) groups is 4. The zero-order valence-electron chi connectivity index (χ0n) is 64.1. The van der Waals surface area contributed by atoms with Crippen molar-refractivity contribution in [3.05, 3.63) is 0 Å². The molecule has 0 spiro atoms. The molecule has 5 atom stereocenters. The maximum Gasteiger partial charge on any atom is 0.472 e. The van der Waals surface area contributed by atoms with Crippen molar-refractivity contribution in [1.82, 2.24) is 0 Å². The van der Waals surface area contributed by atoms with E-state index in [2.05, 4.69) is 41.5 Å². The monoisotopic (exact) mass is 1440 g/mol. The van der Waals surface area contributed by atoms with Gasteiger partial charge in [-0.3, -0.25) is 37.3 Å². The summed E-state index contributed by atoms with van der Waals surface area (Å²) in [7, 11) is -9.92. The number of esters is 4. The van der Waals surface area contributed by atoms with Crippen LogP contribution in [0.3, 0.4) is 0 Å². The largest absolute Gasteiger partial charge is 0.472 e. The molecule has 0 aliphatic carbocycles. The predicted octanol–water partition coefficient (Wildman–Crippen LogP) is 23.5. The molecule has 19 heteroatoms. The van der Waals surface area contributed by atoms with Gasteiger partial charge in [-0.25, -0.2) is 9.13 Å². The Kier molecular flexibility index (Phi) is 69.3. The van der Waals surface area contributed by atoms with Gasteiger partial charge in [0.2, 0.25) is 0 Å². The van der Waals surface area contributed by atoms with Crippen molar-refractivity contribution in [3.8, 4) is 0 Å². The van der Waals surface area contributed by atoms with Gasteiger partial charge in [-0.2, -0.15) is 0 Å². The molecule has 0 bridgehead atoms. The third-order valence-electron chi connectivity index (χ3n) is 18.5. The molecule has 582 valence electrons. The van der Waals surface area contributed by atoms with E-state index in [9.17, 15) is 43.2 Å². The van der Waals surface area contributed by atoms with E-state index in [1.807, 2.05) is 0 Å². The normalized spacial score (nSPS) is 13.9. The minimum Gasteiger partial charge on any atom is -0.462 e. The van der Waals surface area contributed by atoms with E-state index in [-0.39, 0.29) is 25.7 Å². The number of rotatable bonds is 78. The van der Waals surface area contributed by atoms with E-state index >= 15 is 0 Å². The van der Waals surface area contributed by atoms with Gasteiger partial charge in [-0.05, 0) is 37.5 Å². The molecule has 0 saturated carbocycles. The van der Waals surface area contributed by atoms with Crippen molar-refractivity contribution in [2.45, 2.75) is 432 Å². The third kappa shape index (κ3) is 72.4. The zero-order valence-corrected chi connectivity index (χ0v) is 65.9. The van der Waals surface area contributed by atoms with Crippen molar-refractivity contribution in [3.63, 3.8) is 0 Å². The Morgan fingerprint density at radius 1 is 0.276 bits per heavy atom. The first-order valence-corrected chi connectivity index (χ1v) is 44.0. The van der Waals surface area contributed by atoms with Crippen LogP contribution >= 0.6 is 15.6 Å². The van der Waals surface area contributed by atoms with E-state index < -0.39 is 97.5 Å². The highest BCUT2D eigenvalue weighted by molar-refractivity contribution is 7.47. The fraction of sp³-hybridized carbons (Fsp3) is 0.949. The molecule has 0 radical (unpaired) electrons. The fourth-order valence-corrected chi connectivity index (χ4v) is 13.8. The van der Waals surface area contributed by atoms with Crippen LogP contribution in [0, 0.1) is 11.8 Å². The number of ether oxygens (including phenoxy) is 4. The first-order chi connectivity index (χ1) is 47.4. The summed E-state index contributed by atoms with van der Waals surface area (Å²) in [6.45, 7) is 9.65. The molecule has 98 heavy (non-hydrogen) atoms. The van der Waals surface area contributed by atoms with Crippen LogP contribution in [0.15, 0.2) is 0 Å². The third-order valence-corrected chi connectivity index (χ3v) is 20.4. The maximum atomic E-state index is 13.1. The summed E-state index contributed by atoms with van der Waals surface area (Å²) in [4.78, 5) is 72.9. The van der Waals surface area contributed by atoms with Crippen molar-refractivity contribution in [2.75, 3.05) is 39.6 Å². The SMILES string of the molecule is CCCCCCCCCCCCCCCCCCCC(=O)O[C@H](COC(=O)CCCCCCCCCCCCCCCC(C)C)COP(=O)(O)OC[C@@H](O)COP(=O)(O)OC[C@@H](COC(=O)CCCCCCCCCCCC)OC(=O)CCCCCCCCCCCCCCC(C)C. The minimum absolute atomic E-state index is 0.107. The van der Waals surface area contributed by atoms with Crippen LogP contribution in [-0.2, 0) is 65.4 Å². The highest BCUT2D eigenvalue weighted by atomic mass is 31.2. The Hall–Kier alpha value is -1.94. The van der Waals surface area contributed by atoms with E-state index in [4.69, 9.17) is 37.0 Å². The van der Waals surface area contributed by atoms with Gasteiger partial charge in [0, 0.05) is 25.7 Å². The lowest BCUT2D eigenvalue weighted by molar-refractivity contribution is -0.161. The highest BCUT2D eigenvalue weighted by Gasteiger charge is 2.30. The van der Waals surface area contributed by atoms with E-state index in [1.54, 1.807) is 0 Å². The molecule has 0 aliphatic heterocycles. The summed E-state index contributed by atoms with van der Waals surface area (Å²) in [5.41, 5.74) is 0. The van der Waals surface area contributed by atoms with Gasteiger partial charge in [-0.1, -0.05) is 363 Å². The summed E-state index contributed by atoms with van der Waals surface area (Å²) >= 11 is 0. The van der Waals surface area contributed by atoms with Gasteiger partial charge < -0.3 is 33.8 Å². The smallest absolute Gasteiger partial charge is 0.462 e. The van der Waals surface area contributed by atoms with Gasteiger partial charge in [0.15, 0.2) is 12.2 Å². The van der Waals surface area contributed by atoms with E-state index in [0.29, 0.717) is 25.7 Å². The van der Waals surface area contributed by atoms with Crippen LogP contribution in [0.25, 0.3) is 0 Å². The molecule has 3 N–H and O–H groups in total. The Bertz CT molecular complexity index is 1890. The van der Waals surface area contributed by atoms with Crippen molar-refractivity contribution < 1.29 is 80.2 Å². The molecule has 0 saturated heterocycles. The first-order valence-electron chi connectivity index (χ1n) is 41.0. The van der Waals surface area contributed by atoms with Crippen LogP contribution in [0.5, 0.6) is 0 Å². The molecule has 0 aromatic rings. The highest BCUT2D eigenvalue weighted by Crippen LogP contribution is 2.45. The van der Waals surface area contributed by atoms with Gasteiger partial charge in [-0.15, -0.1) is 0 Å². The Balaban J connectivity index is 5.25. The van der Waals surface area contributed by atoms with Crippen LogP contribution in [-0.4, -0.2) is 96.7 Å². The topological polar surface area (TPSA) is 237 Å². The van der Waals surface area contributed by atoms with Gasteiger partial charge in [0.25, 0.3) is 0 Å². The number of hydrogen-bond donors (Lipinski definition) is 3. The molecular formula is C79H154O17P2. The maximum absolute atomic E-state index is 13.1. The first kappa shape index (κ1) is 96.1. The molecule has 17 nitrogen and oxygen atoms in total. The number of aliphatic hydroxyl groups is 1. The second kappa shape index (κ2) is 70.7. The zero-order chi connectivity index (χ0) is 72.1. The van der Waals surface area contributed by atoms with E-state index in [0.717, 1.165) is 102 Å². The number of hydrogen-bond acceptors (Lipinski definition) is 15. The Labute approximate surface area is 600 Å². The van der Waals surface area contributed by atoms with Crippen LogP contribution in [0.2, 0.25) is 0 Å². The molecule has 0 heterocycles. The lowest BCUT2D eigenvalue weighted by Gasteiger charge is -2.21. The fourth-order valence-electron chi connectivity index (χ4n) is 12.2. The number of carbonyl (C=O) groups excluding carboxylic acids is 4. The van der Waals surface area contributed by atoms with Gasteiger partial charge in [0.05, 0.1) is 26.4 Å². The van der Waals surface area contributed by atoms with E-state index in [1.165, 1.54) is 231 Å². The second-order valence-corrected chi connectivity index (χ2v) is 32.3. The lowest BCUT2D eigenvalue weighted by Crippen LogP contribution is -2.30. The quantitative estimate of drug-likeness (QED) is 0.0222. The Morgan fingerprint density at radius 2 is 0.469 bits per heavy atom. The summed E-state index contributed by atoms with van der Waals surface area (Å²) in [6.07, 6.45) is 59.5. The minimum atomic E-state index is -4.96. The molecular weight excluding hydrogens is 1280 g/mol. The van der Waals surface area contributed by atoms with Gasteiger partial charge in [0.1, 0.15) is 19.3 Å². The van der Waals surface area contributed by atoms with Crippen molar-refractivity contribution >= 4 is 39.5 Å². The molecule has 0 aliphatic rings. The summed E-state index contributed by atoms with van der Waals surface area (Å²) in [6, 6.07) is 0. The Morgan fingerprint density at radius 3 is 0.694 bits per heavy atom. The van der Waals surface area contributed by atoms with Gasteiger partial charge >= 0.3 is 39.5 Å². The average Bonchev–Trinajstić information content (AvgIpc) is 1.10.